The average Bonchev–Trinajstić information content (AvgIpc) is 2.65. The Balaban J connectivity index is 1.54. The van der Waals surface area contributed by atoms with Crippen LogP contribution in [0.2, 0.25) is 0 Å². The second kappa shape index (κ2) is 8.49. The van der Waals surface area contributed by atoms with Gasteiger partial charge in [0.2, 0.25) is 0 Å². The largest absolute Gasteiger partial charge is 0.507 e. The molecule has 1 aliphatic heterocycles. The predicted octanol–water partition coefficient (Wildman–Crippen LogP) is 3.27. The number of para-hydroxylation sites is 1. The Morgan fingerprint density at radius 1 is 1.00 bits per heavy atom. The monoisotopic (exact) mass is 335 g/mol. The first-order valence-corrected chi connectivity index (χ1v) is 8.73. The van der Waals surface area contributed by atoms with Crippen molar-refractivity contribution in [1.82, 2.24) is 9.91 Å². The molecular weight excluding hydrogens is 310 g/mol. The number of phenolic OH excluding ortho intramolecular Hbond substituents is 1. The van der Waals surface area contributed by atoms with Gasteiger partial charge in [0.05, 0.1) is 6.21 Å². The van der Waals surface area contributed by atoms with Gasteiger partial charge in [0, 0.05) is 38.3 Å². The van der Waals surface area contributed by atoms with E-state index in [4.69, 9.17) is 0 Å². The molecule has 0 atom stereocenters. The van der Waals surface area contributed by atoms with Gasteiger partial charge in [-0.2, -0.15) is 5.10 Å². The molecule has 1 saturated heterocycles. The topological polar surface area (TPSA) is 39.1 Å². The fraction of sp³-hybridized carbons (Fsp3) is 0.286. The SMILES string of the molecule is C=CCc1cccc(/C=N/N2CCN(Cc3ccccc3)CC2)c1O. The van der Waals surface area contributed by atoms with Crippen molar-refractivity contribution in [2.45, 2.75) is 13.0 Å². The third-order valence-electron chi connectivity index (χ3n) is 4.47. The number of phenols is 1. The molecule has 4 nitrogen and oxygen atoms in total. The van der Waals surface area contributed by atoms with Crippen molar-refractivity contribution in [3.05, 3.63) is 77.9 Å². The van der Waals surface area contributed by atoms with Gasteiger partial charge in [-0.1, -0.05) is 48.5 Å². The Bertz CT molecular complexity index is 719. The van der Waals surface area contributed by atoms with Crippen molar-refractivity contribution in [2.24, 2.45) is 5.10 Å². The van der Waals surface area contributed by atoms with Gasteiger partial charge in [-0.3, -0.25) is 9.91 Å². The number of hydrogen-bond acceptors (Lipinski definition) is 4. The van der Waals surface area contributed by atoms with Crippen molar-refractivity contribution in [3.8, 4) is 5.75 Å². The number of aromatic hydroxyl groups is 1. The van der Waals surface area contributed by atoms with E-state index in [1.807, 2.05) is 18.2 Å². The summed E-state index contributed by atoms with van der Waals surface area (Å²) in [6, 6.07) is 16.3. The third kappa shape index (κ3) is 4.70. The maximum absolute atomic E-state index is 10.3. The van der Waals surface area contributed by atoms with Gasteiger partial charge < -0.3 is 5.11 Å². The molecule has 2 aromatic carbocycles. The van der Waals surface area contributed by atoms with Gasteiger partial charge in [0.25, 0.3) is 0 Å². The van der Waals surface area contributed by atoms with Crippen LogP contribution in [0.3, 0.4) is 0 Å². The van der Waals surface area contributed by atoms with Crippen molar-refractivity contribution < 1.29 is 5.11 Å². The van der Waals surface area contributed by atoms with Gasteiger partial charge in [0.1, 0.15) is 5.75 Å². The summed E-state index contributed by atoms with van der Waals surface area (Å²) in [6.07, 6.45) is 4.21. The Morgan fingerprint density at radius 3 is 2.48 bits per heavy atom. The van der Waals surface area contributed by atoms with E-state index in [0.717, 1.165) is 43.9 Å². The van der Waals surface area contributed by atoms with Crippen molar-refractivity contribution >= 4 is 6.21 Å². The van der Waals surface area contributed by atoms with E-state index >= 15 is 0 Å². The van der Waals surface area contributed by atoms with Crippen LogP contribution in [0.1, 0.15) is 16.7 Å². The van der Waals surface area contributed by atoms with Crippen LogP contribution >= 0.6 is 0 Å². The van der Waals surface area contributed by atoms with Crippen molar-refractivity contribution in [2.75, 3.05) is 26.2 Å². The number of hydrogen-bond donors (Lipinski definition) is 1. The zero-order chi connectivity index (χ0) is 17.5. The van der Waals surface area contributed by atoms with Crippen molar-refractivity contribution in [3.63, 3.8) is 0 Å². The van der Waals surface area contributed by atoms with Crippen molar-refractivity contribution in [1.29, 1.82) is 0 Å². The van der Waals surface area contributed by atoms with E-state index in [1.54, 1.807) is 12.3 Å². The standard InChI is InChI=1S/C21H25N3O/c1-2-7-19-10-6-11-20(21(19)25)16-22-24-14-12-23(13-15-24)17-18-8-4-3-5-9-18/h2-6,8-11,16,25H,1,7,12-15,17H2/b22-16+. The minimum Gasteiger partial charge on any atom is -0.507 e. The summed E-state index contributed by atoms with van der Waals surface area (Å²) in [4.78, 5) is 2.45. The zero-order valence-electron chi connectivity index (χ0n) is 14.5. The highest BCUT2D eigenvalue weighted by Gasteiger charge is 2.15. The lowest BCUT2D eigenvalue weighted by atomic mass is 10.1. The first kappa shape index (κ1) is 17.2. The molecule has 25 heavy (non-hydrogen) atoms. The molecule has 3 rings (SSSR count). The Labute approximate surface area is 149 Å². The molecule has 1 heterocycles. The molecule has 4 heteroatoms. The van der Waals surface area contributed by atoms with Gasteiger partial charge >= 0.3 is 0 Å². The molecule has 0 spiro atoms. The first-order valence-electron chi connectivity index (χ1n) is 8.73. The van der Waals surface area contributed by atoms with Crippen LogP contribution in [0.4, 0.5) is 0 Å². The molecular formula is C21H25N3O. The van der Waals surface area contributed by atoms with Crippen LogP contribution < -0.4 is 0 Å². The number of allylic oxidation sites excluding steroid dienone is 1. The van der Waals surface area contributed by atoms with Crippen LogP contribution in [0, 0.1) is 0 Å². The molecule has 0 saturated carbocycles. The van der Waals surface area contributed by atoms with Gasteiger partial charge in [-0.25, -0.2) is 0 Å². The second-order valence-corrected chi connectivity index (χ2v) is 6.31. The lowest BCUT2D eigenvalue weighted by Crippen LogP contribution is -2.43. The summed E-state index contributed by atoms with van der Waals surface area (Å²) >= 11 is 0. The van der Waals surface area contributed by atoms with E-state index in [9.17, 15) is 5.11 Å². The molecule has 1 fully saturated rings. The summed E-state index contributed by atoms with van der Waals surface area (Å²) < 4.78 is 0. The molecule has 1 aliphatic rings. The maximum atomic E-state index is 10.3. The lowest BCUT2D eigenvalue weighted by molar-refractivity contribution is 0.131. The van der Waals surface area contributed by atoms with Crippen LogP contribution in [-0.4, -0.2) is 47.4 Å². The fourth-order valence-corrected chi connectivity index (χ4v) is 3.03. The molecule has 0 bridgehead atoms. The number of benzene rings is 2. The lowest BCUT2D eigenvalue weighted by Gasteiger charge is -2.33. The zero-order valence-corrected chi connectivity index (χ0v) is 14.5. The molecule has 1 N–H and O–H groups in total. The van der Waals surface area contributed by atoms with Gasteiger partial charge in [-0.15, -0.1) is 6.58 Å². The highest BCUT2D eigenvalue weighted by molar-refractivity contribution is 5.83. The number of rotatable bonds is 6. The third-order valence-corrected chi connectivity index (χ3v) is 4.47. The Kier molecular flexibility index (Phi) is 5.86. The summed E-state index contributed by atoms with van der Waals surface area (Å²) in [5.41, 5.74) is 2.99. The molecule has 130 valence electrons. The molecule has 0 unspecified atom stereocenters. The molecule has 0 aromatic heterocycles. The number of piperazine rings is 1. The molecule has 0 radical (unpaired) electrons. The molecule has 0 aliphatic carbocycles. The highest BCUT2D eigenvalue weighted by Crippen LogP contribution is 2.22. The molecule has 2 aromatic rings. The highest BCUT2D eigenvalue weighted by atomic mass is 16.3. The normalized spacial score (nSPS) is 15.6. The quantitative estimate of drug-likeness (QED) is 0.650. The van der Waals surface area contributed by atoms with E-state index in [2.05, 4.69) is 51.9 Å². The Morgan fingerprint density at radius 2 is 1.76 bits per heavy atom. The second-order valence-electron chi connectivity index (χ2n) is 6.31. The summed E-state index contributed by atoms with van der Waals surface area (Å²) in [5, 5.41) is 16.9. The van der Waals surface area contributed by atoms with Crippen LogP contribution in [-0.2, 0) is 13.0 Å². The Hall–Kier alpha value is -2.59. The van der Waals surface area contributed by atoms with E-state index in [1.165, 1.54) is 5.56 Å². The van der Waals surface area contributed by atoms with Crippen LogP contribution in [0.15, 0.2) is 66.3 Å². The van der Waals surface area contributed by atoms with Gasteiger partial charge in [-0.05, 0) is 23.6 Å². The summed E-state index contributed by atoms with van der Waals surface area (Å²) in [7, 11) is 0. The fourth-order valence-electron chi connectivity index (χ4n) is 3.03. The summed E-state index contributed by atoms with van der Waals surface area (Å²) in [6.45, 7) is 8.50. The van der Waals surface area contributed by atoms with Crippen LogP contribution in [0.25, 0.3) is 0 Å². The molecule has 0 amide bonds. The number of hydrazone groups is 1. The number of nitrogens with zero attached hydrogens (tertiary/aromatic N) is 3. The first-order chi connectivity index (χ1) is 12.3. The van der Waals surface area contributed by atoms with Crippen LogP contribution in [0.5, 0.6) is 5.75 Å². The van der Waals surface area contributed by atoms with E-state index in [0.29, 0.717) is 12.2 Å². The minimum atomic E-state index is 0.300. The smallest absolute Gasteiger partial charge is 0.127 e. The minimum absolute atomic E-state index is 0.300. The average molecular weight is 335 g/mol. The van der Waals surface area contributed by atoms with E-state index in [-0.39, 0.29) is 0 Å². The van der Waals surface area contributed by atoms with Gasteiger partial charge in [0.15, 0.2) is 0 Å². The summed E-state index contributed by atoms with van der Waals surface area (Å²) in [5.74, 6) is 0.300. The van der Waals surface area contributed by atoms with E-state index < -0.39 is 0 Å². The maximum Gasteiger partial charge on any atom is 0.127 e. The predicted molar refractivity (Wildman–Crippen MR) is 103 cm³/mol.